The summed E-state index contributed by atoms with van der Waals surface area (Å²) in [6.45, 7) is 4.08. The van der Waals surface area contributed by atoms with Crippen LogP contribution in [-0.4, -0.2) is 7.27 Å². The summed E-state index contributed by atoms with van der Waals surface area (Å²) in [5.74, 6) is 0.245. The molecule has 0 fully saturated rings. The molecule has 0 radical (unpaired) electrons. The minimum absolute atomic E-state index is 0.0938. The Bertz CT molecular complexity index is 86.2. The summed E-state index contributed by atoms with van der Waals surface area (Å²) in [5.41, 5.74) is 0. The largest absolute Gasteiger partial charge is 0.538 e. The van der Waals surface area contributed by atoms with Crippen molar-refractivity contribution >= 4 is 7.27 Å². The molecule has 66 valence electrons. The molecule has 0 N–H and O–H groups in total. The van der Waals surface area contributed by atoms with E-state index in [2.05, 4.69) is 6.92 Å². The van der Waals surface area contributed by atoms with Gasteiger partial charge in [0.05, 0.1) is 0 Å². The van der Waals surface area contributed by atoms with E-state index in [4.69, 9.17) is 0 Å². The summed E-state index contributed by atoms with van der Waals surface area (Å²) in [5, 5.41) is 0. The van der Waals surface area contributed by atoms with Gasteiger partial charge in [-0.3, -0.25) is 8.63 Å². The lowest BCUT2D eigenvalue weighted by molar-refractivity contribution is 0.466. The Morgan fingerprint density at radius 3 is 2.27 bits per heavy atom. The maximum atomic E-state index is 11.9. The number of unbranched alkanes of at least 4 members (excludes halogenated alkanes) is 1. The average molecular weight is 162 g/mol. The van der Waals surface area contributed by atoms with Crippen LogP contribution in [0.15, 0.2) is 0 Å². The third kappa shape index (κ3) is 6.33. The lowest BCUT2D eigenvalue weighted by atomic mass is 9.79. The van der Waals surface area contributed by atoms with Gasteiger partial charge in [-0.1, -0.05) is 39.5 Å². The first-order valence-corrected chi connectivity index (χ1v) is 4.48. The number of hydrogen-bond donors (Lipinski definition) is 0. The minimum Gasteiger partial charge on any atom is -0.287 e. The molecule has 0 aromatic heterocycles. The van der Waals surface area contributed by atoms with Gasteiger partial charge in [-0.25, -0.2) is 0 Å². The van der Waals surface area contributed by atoms with Crippen LogP contribution in [-0.2, 0) is 0 Å². The lowest BCUT2D eigenvalue weighted by Gasteiger charge is -2.11. The fourth-order valence-corrected chi connectivity index (χ4v) is 1.23. The molecule has 1 atom stereocenters. The predicted molar refractivity (Wildman–Crippen MR) is 46.1 cm³/mol. The van der Waals surface area contributed by atoms with Crippen LogP contribution in [0.2, 0.25) is 6.32 Å². The summed E-state index contributed by atoms with van der Waals surface area (Å²) in [6.07, 6.45) is 4.16. The molecule has 0 rings (SSSR count). The zero-order valence-corrected chi connectivity index (χ0v) is 7.45. The topological polar surface area (TPSA) is 0 Å². The molecule has 3 heteroatoms. The van der Waals surface area contributed by atoms with Crippen molar-refractivity contribution in [2.75, 3.05) is 0 Å². The first-order valence-electron chi connectivity index (χ1n) is 4.48. The summed E-state index contributed by atoms with van der Waals surface area (Å²) >= 11 is 0. The Labute approximate surface area is 68.5 Å². The van der Waals surface area contributed by atoms with Gasteiger partial charge in [0.25, 0.3) is 0 Å². The van der Waals surface area contributed by atoms with Crippen molar-refractivity contribution in [2.45, 2.75) is 45.9 Å². The summed E-state index contributed by atoms with van der Waals surface area (Å²) in [4.78, 5) is 0. The smallest absolute Gasteiger partial charge is 0.287 e. The minimum atomic E-state index is -2.11. The summed E-state index contributed by atoms with van der Waals surface area (Å²) < 4.78 is 23.8. The van der Waals surface area contributed by atoms with E-state index in [-0.39, 0.29) is 12.2 Å². The molecule has 0 aliphatic heterocycles. The maximum absolute atomic E-state index is 11.9. The van der Waals surface area contributed by atoms with Gasteiger partial charge in [0, 0.05) is 0 Å². The van der Waals surface area contributed by atoms with E-state index in [1.54, 1.807) is 0 Å². The van der Waals surface area contributed by atoms with E-state index in [1.165, 1.54) is 0 Å². The maximum Gasteiger partial charge on any atom is 0.538 e. The quantitative estimate of drug-likeness (QED) is 0.523. The van der Waals surface area contributed by atoms with E-state index in [0.717, 1.165) is 25.7 Å². The Balaban J connectivity index is 3.41. The van der Waals surface area contributed by atoms with Crippen molar-refractivity contribution in [1.29, 1.82) is 0 Å². The summed E-state index contributed by atoms with van der Waals surface area (Å²) in [7, 11) is -2.11. The molecule has 0 nitrogen and oxygen atoms in total. The molecule has 11 heavy (non-hydrogen) atoms. The second-order valence-corrected chi connectivity index (χ2v) is 3.04. The van der Waals surface area contributed by atoms with Gasteiger partial charge in [0.2, 0.25) is 0 Å². The molecule has 0 heterocycles. The standard InChI is InChI=1S/C8H17BF2/c1-3-5-6-8(4-2)7-9(10)11/h8H,3-7H2,1-2H3. The lowest BCUT2D eigenvalue weighted by Crippen LogP contribution is -2.07. The van der Waals surface area contributed by atoms with Gasteiger partial charge < -0.3 is 0 Å². The van der Waals surface area contributed by atoms with Crippen LogP contribution in [0, 0.1) is 5.92 Å². The van der Waals surface area contributed by atoms with E-state index in [9.17, 15) is 8.63 Å². The van der Waals surface area contributed by atoms with E-state index >= 15 is 0 Å². The molecule has 0 bridgehead atoms. The molecule has 0 aromatic carbocycles. The monoisotopic (exact) mass is 162 g/mol. The van der Waals surface area contributed by atoms with Gasteiger partial charge in [-0.05, 0) is 12.2 Å². The number of rotatable bonds is 6. The van der Waals surface area contributed by atoms with Crippen LogP contribution in [0.25, 0.3) is 0 Å². The molecule has 1 unspecified atom stereocenters. The fraction of sp³-hybridized carbons (Fsp3) is 1.00. The molecular formula is C8H17BF2. The van der Waals surface area contributed by atoms with Crippen LogP contribution >= 0.6 is 0 Å². The molecule has 0 aliphatic carbocycles. The molecule has 0 saturated heterocycles. The molecule has 0 saturated carbocycles. The first kappa shape index (κ1) is 10.9. The molecule has 0 aliphatic rings. The normalized spacial score (nSPS) is 13.1. The predicted octanol–water partition coefficient (Wildman–Crippen LogP) is 3.63. The first-order chi connectivity index (χ1) is 5.20. The van der Waals surface area contributed by atoms with Gasteiger partial charge in [0.15, 0.2) is 0 Å². The number of hydrogen-bond acceptors (Lipinski definition) is 0. The number of halogens is 2. The summed E-state index contributed by atoms with van der Waals surface area (Å²) in [6, 6.07) is 0. The molecular weight excluding hydrogens is 145 g/mol. The zero-order chi connectivity index (χ0) is 8.69. The third-order valence-electron chi connectivity index (χ3n) is 2.05. The third-order valence-corrected chi connectivity index (χ3v) is 2.05. The Kier molecular flexibility index (Phi) is 6.58. The van der Waals surface area contributed by atoms with Crippen molar-refractivity contribution in [3.8, 4) is 0 Å². The van der Waals surface area contributed by atoms with Crippen molar-refractivity contribution < 1.29 is 8.63 Å². The van der Waals surface area contributed by atoms with Crippen LogP contribution in [0.4, 0.5) is 8.63 Å². The van der Waals surface area contributed by atoms with Gasteiger partial charge in [-0.2, -0.15) is 0 Å². The Hall–Kier alpha value is -0.0751. The molecule has 0 aromatic rings. The average Bonchev–Trinajstić information content (AvgIpc) is 1.97. The molecule has 0 amide bonds. The van der Waals surface area contributed by atoms with Gasteiger partial charge in [-0.15, -0.1) is 0 Å². The Morgan fingerprint density at radius 2 is 1.91 bits per heavy atom. The van der Waals surface area contributed by atoms with Crippen LogP contribution in [0.5, 0.6) is 0 Å². The van der Waals surface area contributed by atoms with Gasteiger partial charge in [0.1, 0.15) is 0 Å². The highest BCUT2D eigenvalue weighted by Crippen LogP contribution is 2.19. The fourth-order valence-electron chi connectivity index (χ4n) is 1.23. The molecule has 0 spiro atoms. The van der Waals surface area contributed by atoms with Crippen LogP contribution in [0.1, 0.15) is 39.5 Å². The van der Waals surface area contributed by atoms with Crippen LogP contribution < -0.4 is 0 Å². The second-order valence-electron chi connectivity index (χ2n) is 3.04. The van der Waals surface area contributed by atoms with Crippen molar-refractivity contribution in [3.63, 3.8) is 0 Å². The second kappa shape index (κ2) is 6.62. The van der Waals surface area contributed by atoms with Crippen LogP contribution in [0.3, 0.4) is 0 Å². The Morgan fingerprint density at radius 1 is 1.27 bits per heavy atom. The van der Waals surface area contributed by atoms with Crippen molar-refractivity contribution in [1.82, 2.24) is 0 Å². The highest BCUT2D eigenvalue weighted by atomic mass is 19.2. The SMILES string of the molecule is CCCCC(CC)CB(F)F. The highest BCUT2D eigenvalue weighted by Gasteiger charge is 2.18. The van der Waals surface area contributed by atoms with E-state index in [0.29, 0.717) is 0 Å². The van der Waals surface area contributed by atoms with E-state index in [1.807, 2.05) is 6.92 Å². The highest BCUT2D eigenvalue weighted by molar-refractivity contribution is 6.42. The van der Waals surface area contributed by atoms with E-state index < -0.39 is 7.27 Å². The van der Waals surface area contributed by atoms with Crippen molar-refractivity contribution in [2.24, 2.45) is 5.92 Å². The van der Waals surface area contributed by atoms with Gasteiger partial charge >= 0.3 is 7.27 Å². The van der Waals surface area contributed by atoms with Crippen molar-refractivity contribution in [3.05, 3.63) is 0 Å². The zero-order valence-electron chi connectivity index (χ0n) is 7.45.